The molecule has 3 aromatic rings. The molecule has 0 spiro atoms. The van der Waals surface area contributed by atoms with E-state index < -0.39 is 7.15 Å². The van der Waals surface area contributed by atoms with Crippen molar-refractivity contribution in [1.82, 2.24) is 0 Å². The molecule has 224 valence electrons. The standard InChI is InChI=1S/C19H21BrO3.C12H14BrFO2.CH3F/c20-18-12-17(22-13-15-6-2-1-3-7-15)10-9-16(18)14-23-19-8-4-5-11-21-19;13-11-7-10(14)5-4-9(11)8-16-12-3-1-2-6-15-12;1-2/h1-3,6-7,9-10,12,19H,4-5,8,11,13-14H2;4-5,7,12H,1-3,6,8H2;1H3/i;;1D. The maximum Gasteiger partial charge on any atom is 0.158 e. The Bertz CT molecular complexity index is 1160. The molecule has 2 atom stereocenters. The molecule has 2 heterocycles. The number of benzene rings is 3. The van der Waals surface area contributed by atoms with E-state index in [0.29, 0.717) is 19.8 Å². The average molecular weight is 701 g/mol. The largest absolute Gasteiger partial charge is 0.489 e. The van der Waals surface area contributed by atoms with E-state index in [4.69, 9.17) is 25.1 Å². The van der Waals surface area contributed by atoms with Gasteiger partial charge in [-0.3, -0.25) is 4.39 Å². The molecule has 2 unspecified atom stereocenters. The van der Waals surface area contributed by atoms with Gasteiger partial charge in [-0.05, 0) is 79.5 Å². The number of hydrogen-bond acceptors (Lipinski definition) is 5. The molecular formula is C32H38Br2F2O5. The summed E-state index contributed by atoms with van der Waals surface area (Å²) >= 11 is 6.91. The van der Waals surface area contributed by atoms with Crippen LogP contribution in [0, 0.1) is 5.82 Å². The highest BCUT2D eigenvalue weighted by Crippen LogP contribution is 2.26. The molecular weight excluding hydrogens is 662 g/mol. The van der Waals surface area contributed by atoms with E-state index in [-0.39, 0.29) is 18.4 Å². The van der Waals surface area contributed by atoms with Crippen molar-refractivity contribution in [2.45, 2.75) is 70.9 Å². The van der Waals surface area contributed by atoms with Crippen LogP contribution in [0.5, 0.6) is 5.75 Å². The topological polar surface area (TPSA) is 46.2 Å². The van der Waals surface area contributed by atoms with Crippen LogP contribution in [-0.4, -0.2) is 32.9 Å². The molecule has 0 radical (unpaired) electrons. The minimum Gasteiger partial charge on any atom is -0.489 e. The molecule has 2 aliphatic heterocycles. The Labute approximate surface area is 260 Å². The second-order valence-corrected chi connectivity index (χ2v) is 11.2. The SMILES string of the molecule is Brc1cc(OCc2ccccc2)ccc1COC1CCCCO1.Fc1ccc(COC2CCCCO2)c(Br)c1.[2H]CF. The molecule has 0 bridgehead atoms. The lowest BCUT2D eigenvalue weighted by atomic mass is 10.2. The highest BCUT2D eigenvalue weighted by atomic mass is 79.9. The van der Waals surface area contributed by atoms with Gasteiger partial charge in [0, 0.05) is 22.2 Å². The van der Waals surface area contributed by atoms with E-state index in [0.717, 1.165) is 76.7 Å². The quantitative estimate of drug-likeness (QED) is 0.223. The molecule has 0 aliphatic carbocycles. The van der Waals surface area contributed by atoms with Gasteiger partial charge in [0.2, 0.25) is 0 Å². The summed E-state index contributed by atoms with van der Waals surface area (Å²) in [5.74, 6) is 0.600. The van der Waals surface area contributed by atoms with E-state index in [1.165, 1.54) is 18.6 Å². The van der Waals surface area contributed by atoms with E-state index in [9.17, 15) is 8.78 Å². The average Bonchev–Trinajstić information content (AvgIpc) is 3.01. The highest BCUT2D eigenvalue weighted by Gasteiger charge is 2.16. The normalized spacial score (nSPS) is 18.7. The highest BCUT2D eigenvalue weighted by molar-refractivity contribution is 9.10. The molecule has 2 saturated heterocycles. The van der Waals surface area contributed by atoms with Crippen LogP contribution in [-0.2, 0) is 38.8 Å². The Hall–Kier alpha value is -1.88. The van der Waals surface area contributed by atoms with E-state index in [2.05, 4.69) is 44.0 Å². The summed E-state index contributed by atoms with van der Waals surface area (Å²) < 4.78 is 58.4. The Morgan fingerprint density at radius 2 is 1.34 bits per heavy atom. The lowest BCUT2D eigenvalue weighted by Gasteiger charge is -2.23. The molecule has 41 heavy (non-hydrogen) atoms. The zero-order valence-corrected chi connectivity index (χ0v) is 26.2. The molecule has 3 aromatic carbocycles. The fourth-order valence-corrected chi connectivity index (χ4v) is 5.10. The van der Waals surface area contributed by atoms with Crippen molar-refractivity contribution in [2.24, 2.45) is 0 Å². The summed E-state index contributed by atoms with van der Waals surface area (Å²) in [5.41, 5.74) is 3.20. The summed E-state index contributed by atoms with van der Waals surface area (Å²) in [6, 6.07) is 20.8. The van der Waals surface area contributed by atoms with Gasteiger partial charge in [-0.25, -0.2) is 4.39 Å². The summed E-state index contributed by atoms with van der Waals surface area (Å²) in [5, 5.41) is 0. The fraction of sp³-hybridized carbons (Fsp3) is 0.438. The van der Waals surface area contributed by atoms with Crippen LogP contribution in [0.15, 0.2) is 75.7 Å². The third kappa shape index (κ3) is 12.5. The molecule has 5 rings (SSSR count). The first-order chi connectivity index (χ1) is 20.5. The van der Waals surface area contributed by atoms with Crippen molar-refractivity contribution in [3.8, 4) is 5.75 Å². The molecule has 0 saturated carbocycles. The lowest BCUT2D eigenvalue weighted by Crippen LogP contribution is -2.22. The first-order valence-electron chi connectivity index (χ1n) is 14.4. The van der Waals surface area contributed by atoms with Crippen LogP contribution in [0.3, 0.4) is 0 Å². The third-order valence-electron chi connectivity index (χ3n) is 6.41. The van der Waals surface area contributed by atoms with Gasteiger partial charge in [0.25, 0.3) is 0 Å². The molecule has 0 N–H and O–H groups in total. The zero-order valence-electron chi connectivity index (χ0n) is 24.0. The van der Waals surface area contributed by atoms with Crippen LogP contribution >= 0.6 is 31.9 Å². The minimum absolute atomic E-state index is 0.0651. The molecule has 2 fully saturated rings. The van der Waals surface area contributed by atoms with Crippen molar-refractivity contribution in [3.05, 3.63) is 98.2 Å². The van der Waals surface area contributed by atoms with Gasteiger partial charge in [0.1, 0.15) is 18.2 Å². The third-order valence-corrected chi connectivity index (χ3v) is 7.89. The van der Waals surface area contributed by atoms with Crippen LogP contribution in [0.4, 0.5) is 8.78 Å². The molecule has 9 heteroatoms. The molecule has 0 amide bonds. The van der Waals surface area contributed by atoms with Crippen molar-refractivity contribution >= 4 is 31.9 Å². The second-order valence-electron chi connectivity index (χ2n) is 9.48. The fourth-order valence-electron chi connectivity index (χ4n) is 4.17. The maximum atomic E-state index is 12.8. The van der Waals surface area contributed by atoms with Crippen LogP contribution in [0.2, 0.25) is 0 Å². The minimum atomic E-state index is -1.00. The van der Waals surface area contributed by atoms with Crippen LogP contribution in [0.1, 0.15) is 56.6 Å². The van der Waals surface area contributed by atoms with Crippen LogP contribution in [0.25, 0.3) is 0 Å². The monoisotopic (exact) mass is 699 g/mol. The smallest absolute Gasteiger partial charge is 0.158 e. The van der Waals surface area contributed by atoms with E-state index in [1.807, 2.05) is 36.4 Å². The number of rotatable bonds is 9. The van der Waals surface area contributed by atoms with Gasteiger partial charge in [-0.15, -0.1) is 0 Å². The van der Waals surface area contributed by atoms with Gasteiger partial charge in [-0.2, -0.15) is 0 Å². The van der Waals surface area contributed by atoms with Gasteiger partial charge in [-0.1, -0.05) is 74.3 Å². The van der Waals surface area contributed by atoms with Gasteiger partial charge >= 0.3 is 0 Å². The van der Waals surface area contributed by atoms with Crippen molar-refractivity contribution in [3.63, 3.8) is 0 Å². The first-order valence-corrected chi connectivity index (χ1v) is 15.3. The van der Waals surface area contributed by atoms with Crippen molar-refractivity contribution < 1.29 is 33.8 Å². The Balaban J connectivity index is 0.000000222. The molecule has 0 aromatic heterocycles. The van der Waals surface area contributed by atoms with Crippen LogP contribution < -0.4 is 4.74 Å². The Morgan fingerprint density at radius 3 is 1.85 bits per heavy atom. The van der Waals surface area contributed by atoms with Gasteiger partial charge in [0.05, 0.1) is 21.7 Å². The predicted octanol–water partition coefficient (Wildman–Crippen LogP) is 9.29. The van der Waals surface area contributed by atoms with Gasteiger partial charge < -0.3 is 23.7 Å². The summed E-state index contributed by atoms with van der Waals surface area (Å²) in [6.45, 7) is 3.14. The lowest BCUT2D eigenvalue weighted by molar-refractivity contribution is -0.169. The van der Waals surface area contributed by atoms with Crippen molar-refractivity contribution in [1.29, 1.82) is 0 Å². The number of hydrogen-bond donors (Lipinski definition) is 0. The van der Waals surface area contributed by atoms with Gasteiger partial charge in [0.15, 0.2) is 12.6 Å². The molecule has 2 aliphatic rings. The second kappa shape index (κ2) is 19.3. The van der Waals surface area contributed by atoms with Crippen molar-refractivity contribution in [2.75, 3.05) is 20.4 Å². The number of alkyl halides is 1. The Kier molecular flexibility index (Phi) is 15.1. The maximum absolute atomic E-state index is 12.8. The van der Waals surface area contributed by atoms with E-state index in [1.54, 1.807) is 6.07 Å². The number of ether oxygens (including phenoxy) is 5. The first kappa shape index (κ1) is 32.0. The Morgan fingerprint density at radius 1 is 0.780 bits per heavy atom. The number of halogens is 4. The summed E-state index contributed by atoms with van der Waals surface area (Å²) in [4.78, 5) is 0. The predicted molar refractivity (Wildman–Crippen MR) is 163 cm³/mol. The summed E-state index contributed by atoms with van der Waals surface area (Å²) in [6.07, 6.45) is 6.33. The van der Waals surface area contributed by atoms with E-state index >= 15 is 0 Å². The summed E-state index contributed by atoms with van der Waals surface area (Å²) in [7, 11) is -1.00. The zero-order chi connectivity index (χ0) is 30.0. The molecule has 5 nitrogen and oxygen atoms in total.